The Hall–Kier alpha value is -1.26. The summed E-state index contributed by atoms with van der Waals surface area (Å²) in [5.74, 6) is -0.274. The van der Waals surface area contributed by atoms with E-state index < -0.39 is 5.97 Å². The lowest BCUT2D eigenvalue weighted by Crippen LogP contribution is -2.26. The van der Waals surface area contributed by atoms with Crippen LogP contribution in [0.5, 0.6) is 5.75 Å². The minimum Gasteiger partial charge on any atom is -0.491 e. The number of hydrogen-bond acceptors (Lipinski definition) is 3. The van der Waals surface area contributed by atoms with Gasteiger partial charge in [0.15, 0.2) is 0 Å². The van der Waals surface area contributed by atoms with Crippen molar-refractivity contribution in [1.29, 1.82) is 0 Å². The van der Waals surface area contributed by atoms with Crippen LogP contribution in [0.2, 0.25) is 5.02 Å². The Morgan fingerprint density at radius 2 is 2.20 bits per heavy atom. The van der Waals surface area contributed by atoms with E-state index in [1.54, 1.807) is 12.1 Å². The van der Waals surface area contributed by atoms with Crippen LogP contribution in [0.1, 0.15) is 0 Å². The summed E-state index contributed by atoms with van der Waals surface area (Å²) in [6.07, 6.45) is 0. The molecule has 0 radical (unpaired) electrons. The summed E-state index contributed by atoms with van der Waals surface area (Å²) in [6, 6.07) is 7.14. The molecular formula is C10H12ClNO3. The molecule has 0 saturated carbocycles. The molecule has 5 heteroatoms. The molecule has 0 spiro atoms. The predicted molar refractivity (Wildman–Crippen MR) is 57.5 cm³/mol. The second kappa shape index (κ2) is 6.27. The average molecular weight is 230 g/mol. The van der Waals surface area contributed by atoms with Gasteiger partial charge in [0.1, 0.15) is 12.4 Å². The van der Waals surface area contributed by atoms with Crippen LogP contribution in [0, 0.1) is 0 Å². The molecule has 0 atom stereocenters. The first-order valence-corrected chi connectivity index (χ1v) is 4.88. The van der Waals surface area contributed by atoms with E-state index in [9.17, 15) is 4.79 Å². The lowest BCUT2D eigenvalue weighted by Gasteiger charge is -2.07. The Balaban J connectivity index is 2.21. The van der Waals surface area contributed by atoms with Crippen molar-refractivity contribution in [3.8, 4) is 5.75 Å². The van der Waals surface area contributed by atoms with E-state index in [0.717, 1.165) is 0 Å². The van der Waals surface area contributed by atoms with Crippen molar-refractivity contribution in [2.24, 2.45) is 0 Å². The normalized spacial score (nSPS) is 9.93. The first kappa shape index (κ1) is 11.8. The van der Waals surface area contributed by atoms with Crippen molar-refractivity contribution in [2.45, 2.75) is 0 Å². The van der Waals surface area contributed by atoms with E-state index in [4.69, 9.17) is 21.4 Å². The van der Waals surface area contributed by atoms with Crippen LogP contribution in [0.15, 0.2) is 24.3 Å². The molecule has 0 unspecified atom stereocenters. The molecule has 0 aliphatic heterocycles. The Morgan fingerprint density at radius 1 is 1.47 bits per heavy atom. The molecular weight excluding hydrogens is 218 g/mol. The largest absolute Gasteiger partial charge is 0.491 e. The van der Waals surface area contributed by atoms with Gasteiger partial charge in [-0.1, -0.05) is 23.7 Å². The summed E-state index contributed by atoms with van der Waals surface area (Å²) in [5.41, 5.74) is 0. The summed E-state index contributed by atoms with van der Waals surface area (Å²) in [4.78, 5) is 10.2. The number of rotatable bonds is 6. The minimum atomic E-state index is -0.882. The highest BCUT2D eigenvalue weighted by Crippen LogP contribution is 2.22. The molecule has 0 heterocycles. The molecule has 15 heavy (non-hydrogen) atoms. The van der Waals surface area contributed by atoms with E-state index >= 15 is 0 Å². The number of para-hydroxylation sites is 1. The molecule has 0 bridgehead atoms. The number of halogens is 1. The summed E-state index contributed by atoms with van der Waals surface area (Å²) in [5, 5.41) is 11.6. The molecule has 0 amide bonds. The summed E-state index contributed by atoms with van der Waals surface area (Å²) >= 11 is 5.85. The van der Waals surface area contributed by atoms with Gasteiger partial charge in [0.2, 0.25) is 0 Å². The number of carbonyl (C=O) groups is 1. The number of hydrogen-bond donors (Lipinski definition) is 2. The lowest BCUT2D eigenvalue weighted by molar-refractivity contribution is -0.135. The van der Waals surface area contributed by atoms with Crippen molar-refractivity contribution >= 4 is 17.6 Å². The van der Waals surface area contributed by atoms with E-state index in [0.29, 0.717) is 23.9 Å². The van der Waals surface area contributed by atoms with Crippen molar-refractivity contribution in [1.82, 2.24) is 5.32 Å². The molecule has 0 fully saturated rings. The fraction of sp³-hybridized carbons (Fsp3) is 0.300. The lowest BCUT2D eigenvalue weighted by atomic mass is 10.3. The zero-order chi connectivity index (χ0) is 11.1. The van der Waals surface area contributed by atoms with Crippen molar-refractivity contribution in [3.05, 3.63) is 29.3 Å². The van der Waals surface area contributed by atoms with Crippen molar-refractivity contribution < 1.29 is 14.6 Å². The van der Waals surface area contributed by atoms with Gasteiger partial charge < -0.3 is 15.2 Å². The van der Waals surface area contributed by atoms with Gasteiger partial charge in [0, 0.05) is 6.54 Å². The Morgan fingerprint density at radius 3 is 2.87 bits per heavy atom. The standard InChI is InChI=1S/C10H12ClNO3/c11-8-3-1-2-4-9(8)15-6-5-12-7-10(13)14/h1-4,12H,5-7H2,(H,13,14). The molecule has 0 saturated heterocycles. The zero-order valence-electron chi connectivity index (χ0n) is 8.07. The summed E-state index contributed by atoms with van der Waals surface area (Å²) in [7, 11) is 0. The molecule has 1 aromatic rings. The first-order valence-electron chi connectivity index (χ1n) is 4.50. The molecule has 2 N–H and O–H groups in total. The van der Waals surface area contributed by atoms with Crippen LogP contribution in [-0.4, -0.2) is 30.8 Å². The van der Waals surface area contributed by atoms with Crippen LogP contribution in [-0.2, 0) is 4.79 Å². The monoisotopic (exact) mass is 229 g/mol. The smallest absolute Gasteiger partial charge is 0.317 e. The molecule has 0 aliphatic rings. The number of aliphatic carboxylic acids is 1. The van der Waals surface area contributed by atoms with Crippen LogP contribution in [0.4, 0.5) is 0 Å². The van der Waals surface area contributed by atoms with Crippen LogP contribution >= 0.6 is 11.6 Å². The number of ether oxygens (including phenoxy) is 1. The van der Waals surface area contributed by atoms with Gasteiger partial charge in [-0.3, -0.25) is 4.79 Å². The minimum absolute atomic E-state index is 0.0636. The van der Waals surface area contributed by atoms with Gasteiger partial charge in [-0.05, 0) is 12.1 Å². The quantitative estimate of drug-likeness (QED) is 0.724. The van der Waals surface area contributed by atoms with Crippen LogP contribution in [0.25, 0.3) is 0 Å². The van der Waals surface area contributed by atoms with Gasteiger partial charge in [-0.2, -0.15) is 0 Å². The maximum Gasteiger partial charge on any atom is 0.317 e. The zero-order valence-corrected chi connectivity index (χ0v) is 8.83. The highest BCUT2D eigenvalue weighted by molar-refractivity contribution is 6.32. The van der Waals surface area contributed by atoms with Crippen molar-refractivity contribution in [3.63, 3.8) is 0 Å². The van der Waals surface area contributed by atoms with E-state index in [1.165, 1.54) is 0 Å². The molecule has 0 aliphatic carbocycles. The molecule has 1 rings (SSSR count). The van der Waals surface area contributed by atoms with Gasteiger partial charge in [-0.25, -0.2) is 0 Å². The van der Waals surface area contributed by atoms with Crippen LogP contribution < -0.4 is 10.1 Å². The van der Waals surface area contributed by atoms with Gasteiger partial charge in [-0.15, -0.1) is 0 Å². The van der Waals surface area contributed by atoms with Crippen molar-refractivity contribution in [2.75, 3.05) is 19.7 Å². The maximum absolute atomic E-state index is 10.2. The maximum atomic E-state index is 10.2. The molecule has 1 aromatic carbocycles. The van der Waals surface area contributed by atoms with E-state index in [2.05, 4.69) is 5.32 Å². The fourth-order valence-corrected chi connectivity index (χ4v) is 1.18. The van der Waals surface area contributed by atoms with Gasteiger partial charge in [0.05, 0.1) is 11.6 Å². The van der Waals surface area contributed by atoms with Gasteiger partial charge in [0.25, 0.3) is 0 Å². The van der Waals surface area contributed by atoms with E-state index in [-0.39, 0.29) is 6.54 Å². The Bertz CT molecular complexity index is 330. The first-order chi connectivity index (χ1) is 7.20. The fourth-order valence-electron chi connectivity index (χ4n) is 0.990. The third-order valence-corrected chi connectivity index (χ3v) is 1.96. The third-order valence-electron chi connectivity index (χ3n) is 1.65. The third kappa shape index (κ3) is 4.67. The average Bonchev–Trinajstić information content (AvgIpc) is 2.20. The Labute approximate surface area is 92.8 Å². The number of benzene rings is 1. The molecule has 82 valence electrons. The highest BCUT2D eigenvalue weighted by Gasteiger charge is 1.99. The topological polar surface area (TPSA) is 58.6 Å². The molecule has 0 aromatic heterocycles. The van der Waals surface area contributed by atoms with E-state index in [1.807, 2.05) is 12.1 Å². The summed E-state index contributed by atoms with van der Waals surface area (Å²) in [6.45, 7) is 0.792. The number of nitrogens with one attached hydrogen (secondary N) is 1. The second-order valence-corrected chi connectivity index (χ2v) is 3.26. The summed E-state index contributed by atoms with van der Waals surface area (Å²) < 4.78 is 5.33. The predicted octanol–water partition coefficient (Wildman–Crippen LogP) is 1.39. The molecule has 4 nitrogen and oxygen atoms in total. The van der Waals surface area contributed by atoms with Gasteiger partial charge >= 0.3 is 5.97 Å². The second-order valence-electron chi connectivity index (χ2n) is 2.85. The SMILES string of the molecule is O=C(O)CNCCOc1ccccc1Cl. The van der Waals surface area contributed by atoms with Crippen LogP contribution in [0.3, 0.4) is 0 Å². The number of carboxylic acids is 1. The highest BCUT2D eigenvalue weighted by atomic mass is 35.5. The number of carboxylic acid groups (broad SMARTS) is 1. The Kier molecular flexibility index (Phi) is 4.93.